The Morgan fingerprint density at radius 1 is 1.25 bits per heavy atom. The fourth-order valence-corrected chi connectivity index (χ4v) is 3.46. The van der Waals surface area contributed by atoms with Crippen LogP contribution in [0, 0.1) is 12.7 Å². The van der Waals surface area contributed by atoms with Crippen molar-refractivity contribution in [3.8, 4) is 11.4 Å². The zero-order chi connectivity index (χ0) is 19.9. The average molecular weight is 377 g/mol. The molecule has 6 nitrogen and oxygen atoms in total. The van der Waals surface area contributed by atoms with Crippen LogP contribution in [-0.2, 0) is 5.41 Å². The van der Waals surface area contributed by atoms with Gasteiger partial charge >= 0.3 is 0 Å². The molecule has 0 spiro atoms. The maximum absolute atomic E-state index is 13.7. The highest BCUT2D eigenvalue weighted by Gasteiger charge is 2.36. The van der Waals surface area contributed by atoms with E-state index in [1.54, 1.807) is 30.4 Å². The molecule has 3 aromatic rings. The second-order valence-electron chi connectivity index (χ2n) is 7.51. The number of hydrogen-bond acceptors (Lipinski definition) is 5. The summed E-state index contributed by atoms with van der Waals surface area (Å²) in [7, 11) is 0. The quantitative estimate of drug-likeness (QED) is 0.757. The van der Waals surface area contributed by atoms with Crippen LogP contribution in [0.15, 0.2) is 48.9 Å². The number of aromatic nitrogens is 3. The first kappa shape index (κ1) is 18.0. The SMILES string of the molecule is Cc1nc(-c2cccnc2)ncc1C(=O)NN1CC(C)(C)c2cc(F)ccc21. The summed E-state index contributed by atoms with van der Waals surface area (Å²) in [5.41, 5.74) is 6.04. The van der Waals surface area contributed by atoms with Gasteiger partial charge in [0.2, 0.25) is 0 Å². The minimum Gasteiger partial charge on any atom is -0.284 e. The topological polar surface area (TPSA) is 71.0 Å². The molecule has 1 aromatic carbocycles. The van der Waals surface area contributed by atoms with Gasteiger partial charge in [-0.15, -0.1) is 0 Å². The molecule has 0 saturated heterocycles. The first-order valence-corrected chi connectivity index (χ1v) is 8.98. The number of hydrazine groups is 1. The van der Waals surface area contributed by atoms with Crippen molar-refractivity contribution < 1.29 is 9.18 Å². The molecule has 142 valence electrons. The smallest absolute Gasteiger partial charge is 0.273 e. The lowest BCUT2D eigenvalue weighted by molar-refractivity contribution is 0.0947. The van der Waals surface area contributed by atoms with Gasteiger partial charge in [0.1, 0.15) is 5.82 Å². The molecule has 3 heterocycles. The second kappa shape index (κ2) is 6.67. The van der Waals surface area contributed by atoms with Gasteiger partial charge in [-0.2, -0.15) is 0 Å². The summed E-state index contributed by atoms with van der Waals surface area (Å²) in [6, 6.07) is 8.29. The second-order valence-corrected chi connectivity index (χ2v) is 7.51. The van der Waals surface area contributed by atoms with E-state index in [0.717, 1.165) is 16.8 Å². The van der Waals surface area contributed by atoms with Crippen LogP contribution in [0.25, 0.3) is 11.4 Å². The van der Waals surface area contributed by atoms with E-state index in [4.69, 9.17) is 0 Å². The highest BCUT2D eigenvalue weighted by atomic mass is 19.1. The molecule has 1 aliphatic rings. The Kier molecular flexibility index (Phi) is 4.30. The molecule has 2 aromatic heterocycles. The summed E-state index contributed by atoms with van der Waals surface area (Å²) in [5, 5.41) is 1.76. The molecule has 0 aliphatic carbocycles. The Balaban J connectivity index is 1.58. The van der Waals surface area contributed by atoms with Crippen molar-refractivity contribution in [1.29, 1.82) is 0 Å². The van der Waals surface area contributed by atoms with Crippen molar-refractivity contribution in [1.82, 2.24) is 20.4 Å². The molecular weight excluding hydrogens is 357 g/mol. The molecule has 1 N–H and O–H groups in total. The minimum absolute atomic E-state index is 0.277. The molecular formula is C21H20FN5O. The Morgan fingerprint density at radius 3 is 2.79 bits per heavy atom. The third kappa shape index (κ3) is 3.19. The molecule has 0 unspecified atom stereocenters. The van der Waals surface area contributed by atoms with Gasteiger partial charge in [0.05, 0.1) is 16.9 Å². The number of anilines is 1. The van der Waals surface area contributed by atoms with E-state index in [9.17, 15) is 9.18 Å². The van der Waals surface area contributed by atoms with Gasteiger partial charge in [0, 0.05) is 36.1 Å². The summed E-state index contributed by atoms with van der Waals surface area (Å²) in [6.07, 6.45) is 4.88. The van der Waals surface area contributed by atoms with Crippen LogP contribution in [0.3, 0.4) is 0 Å². The zero-order valence-corrected chi connectivity index (χ0v) is 15.9. The largest absolute Gasteiger partial charge is 0.284 e. The van der Waals surface area contributed by atoms with Gasteiger partial charge in [-0.25, -0.2) is 14.4 Å². The number of aryl methyl sites for hydroxylation is 1. The Labute approximate surface area is 162 Å². The van der Waals surface area contributed by atoms with Gasteiger partial charge in [-0.1, -0.05) is 13.8 Å². The summed E-state index contributed by atoms with van der Waals surface area (Å²) in [6.45, 7) is 6.36. The first-order valence-electron chi connectivity index (χ1n) is 8.98. The Hall–Kier alpha value is -3.35. The van der Waals surface area contributed by atoms with E-state index in [1.807, 2.05) is 26.0 Å². The third-order valence-corrected chi connectivity index (χ3v) is 4.91. The number of benzene rings is 1. The maximum atomic E-state index is 13.7. The fourth-order valence-electron chi connectivity index (χ4n) is 3.46. The zero-order valence-electron chi connectivity index (χ0n) is 15.9. The van der Waals surface area contributed by atoms with Crippen LogP contribution < -0.4 is 10.4 Å². The highest BCUT2D eigenvalue weighted by Crippen LogP contribution is 2.39. The number of hydrogen-bond donors (Lipinski definition) is 1. The highest BCUT2D eigenvalue weighted by molar-refractivity contribution is 5.96. The normalized spacial score (nSPS) is 14.6. The van der Waals surface area contributed by atoms with Crippen molar-refractivity contribution in [2.24, 2.45) is 0 Å². The van der Waals surface area contributed by atoms with Crippen molar-refractivity contribution in [3.63, 3.8) is 0 Å². The number of amides is 1. The van der Waals surface area contributed by atoms with E-state index >= 15 is 0 Å². The molecule has 4 rings (SSSR count). The van der Waals surface area contributed by atoms with E-state index < -0.39 is 0 Å². The number of halogens is 1. The number of pyridine rings is 1. The summed E-state index contributed by atoms with van der Waals surface area (Å²) in [5.74, 6) is -0.0660. The van der Waals surface area contributed by atoms with Crippen molar-refractivity contribution >= 4 is 11.6 Å². The molecule has 0 bridgehead atoms. The van der Waals surface area contributed by atoms with Crippen LogP contribution in [0.4, 0.5) is 10.1 Å². The monoisotopic (exact) mass is 377 g/mol. The van der Waals surface area contributed by atoms with Gasteiger partial charge in [-0.3, -0.25) is 20.2 Å². The lowest BCUT2D eigenvalue weighted by Gasteiger charge is -2.23. The van der Waals surface area contributed by atoms with Crippen LogP contribution in [0.5, 0.6) is 0 Å². The first-order chi connectivity index (χ1) is 13.3. The molecule has 0 fully saturated rings. The molecule has 7 heteroatoms. The molecule has 0 atom stereocenters. The molecule has 1 amide bonds. The summed E-state index contributed by atoms with van der Waals surface area (Å²) >= 11 is 0. The minimum atomic E-state index is -0.303. The predicted octanol–water partition coefficient (Wildman–Crippen LogP) is 3.43. The number of fused-ring (bicyclic) bond motifs is 1. The molecule has 0 saturated carbocycles. The molecule has 1 aliphatic heterocycles. The van der Waals surface area contributed by atoms with Crippen LogP contribution >= 0.6 is 0 Å². The van der Waals surface area contributed by atoms with Gasteiger partial charge in [0.15, 0.2) is 5.82 Å². The number of nitrogens with one attached hydrogen (secondary N) is 1. The molecule has 0 radical (unpaired) electrons. The van der Waals surface area contributed by atoms with E-state index in [0.29, 0.717) is 23.6 Å². The van der Waals surface area contributed by atoms with E-state index in [-0.39, 0.29) is 17.1 Å². The fraction of sp³-hybridized carbons (Fsp3) is 0.238. The van der Waals surface area contributed by atoms with Gasteiger partial charge in [0.25, 0.3) is 5.91 Å². The summed E-state index contributed by atoms with van der Waals surface area (Å²) in [4.78, 5) is 25.7. The van der Waals surface area contributed by atoms with Crippen LogP contribution in [0.1, 0.15) is 35.5 Å². The van der Waals surface area contributed by atoms with E-state index in [1.165, 1.54) is 18.3 Å². The number of nitrogens with zero attached hydrogens (tertiary/aromatic N) is 4. The predicted molar refractivity (Wildman–Crippen MR) is 104 cm³/mol. The Bertz CT molecular complexity index is 1050. The average Bonchev–Trinajstić information content (AvgIpc) is 2.91. The van der Waals surface area contributed by atoms with Gasteiger partial charge < -0.3 is 0 Å². The lowest BCUT2D eigenvalue weighted by Crippen LogP contribution is -2.44. The van der Waals surface area contributed by atoms with Crippen molar-refractivity contribution in [2.45, 2.75) is 26.2 Å². The third-order valence-electron chi connectivity index (χ3n) is 4.91. The maximum Gasteiger partial charge on any atom is 0.273 e. The standard InChI is InChI=1S/C21H20FN5O/c1-13-16(11-24-19(25-13)14-5-4-8-23-10-14)20(28)26-27-12-21(2,3)17-9-15(22)6-7-18(17)27/h4-11H,12H2,1-3H3,(H,26,28). The molecule has 28 heavy (non-hydrogen) atoms. The lowest BCUT2D eigenvalue weighted by atomic mass is 9.87. The van der Waals surface area contributed by atoms with Crippen molar-refractivity contribution in [3.05, 3.63) is 71.6 Å². The van der Waals surface area contributed by atoms with E-state index in [2.05, 4.69) is 20.4 Å². The van der Waals surface area contributed by atoms with Crippen LogP contribution in [0.2, 0.25) is 0 Å². The Morgan fingerprint density at radius 2 is 2.07 bits per heavy atom. The summed E-state index contributed by atoms with van der Waals surface area (Å²) < 4.78 is 13.7. The van der Waals surface area contributed by atoms with Gasteiger partial charge in [-0.05, 0) is 42.8 Å². The number of carbonyl (C=O) groups excluding carboxylic acids is 1. The van der Waals surface area contributed by atoms with Crippen LogP contribution in [-0.4, -0.2) is 27.4 Å². The van der Waals surface area contributed by atoms with Crippen molar-refractivity contribution in [2.75, 3.05) is 11.6 Å². The number of rotatable bonds is 3. The number of carbonyl (C=O) groups is 1.